The predicted molar refractivity (Wildman–Crippen MR) is 115 cm³/mol. The number of rotatable bonds is 12. The highest BCUT2D eigenvalue weighted by molar-refractivity contribution is 5.65. The SMILES string of the molecule is NCCN(CCN(Cc1ccccc1)C(=O)O)CCN(Cc1ccccc1)C(=O)O. The molecule has 2 aromatic carbocycles. The van der Waals surface area contributed by atoms with Crippen LogP contribution < -0.4 is 5.73 Å². The Hall–Kier alpha value is -3.10. The van der Waals surface area contributed by atoms with E-state index in [4.69, 9.17) is 5.73 Å². The van der Waals surface area contributed by atoms with Gasteiger partial charge in [0.05, 0.1) is 0 Å². The minimum atomic E-state index is -0.984. The molecule has 0 fully saturated rings. The molecule has 4 N–H and O–H groups in total. The summed E-state index contributed by atoms with van der Waals surface area (Å²) in [6.07, 6.45) is -1.97. The third kappa shape index (κ3) is 8.10. The number of nitrogens with zero attached hydrogens (tertiary/aromatic N) is 3. The Morgan fingerprint density at radius 2 is 1.07 bits per heavy atom. The molecule has 0 aliphatic carbocycles. The van der Waals surface area contributed by atoms with Crippen LogP contribution >= 0.6 is 0 Å². The minimum absolute atomic E-state index is 0.307. The lowest BCUT2D eigenvalue weighted by Gasteiger charge is -2.28. The highest BCUT2D eigenvalue weighted by Gasteiger charge is 2.17. The van der Waals surface area contributed by atoms with Crippen molar-refractivity contribution in [3.63, 3.8) is 0 Å². The molecule has 0 bridgehead atoms. The van der Waals surface area contributed by atoms with Gasteiger partial charge in [-0.3, -0.25) is 4.90 Å². The van der Waals surface area contributed by atoms with E-state index in [0.29, 0.717) is 52.4 Å². The Morgan fingerprint density at radius 3 is 1.40 bits per heavy atom. The number of amides is 2. The van der Waals surface area contributed by atoms with E-state index in [-0.39, 0.29) is 0 Å². The molecule has 0 spiro atoms. The Labute approximate surface area is 177 Å². The molecule has 0 radical (unpaired) electrons. The van der Waals surface area contributed by atoms with Gasteiger partial charge in [-0.2, -0.15) is 0 Å². The summed E-state index contributed by atoms with van der Waals surface area (Å²) in [7, 11) is 0. The van der Waals surface area contributed by atoms with E-state index in [9.17, 15) is 19.8 Å². The average molecular weight is 415 g/mol. The quantitative estimate of drug-likeness (QED) is 0.492. The maximum absolute atomic E-state index is 11.6. The molecule has 0 unspecified atom stereocenters. The van der Waals surface area contributed by atoms with Gasteiger partial charge >= 0.3 is 12.2 Å². The first-order valence-electron chi connectivity index (χ1n) is 9.95. The van der Waals surface area contributed by atoms with Crippen molar-refractivity contribution < 1.29 is 19.8 Å². The summed E-state index contributed by atoms with van der Waals surface area (Å²) in [6, 6.07) is 18.9. The van der Waals surface area contributed by atoms with Gasteiger partial charge in [0, 0.05) is 52.4 Å². The van der Waals surface area contributed by atoms with E-state index in [1.165, 1.54) is 9.80 Å². The molecular weight excluding hydrogens is 384 g/mol. The standard InChI is InChI=1S/C22H30N4O4/c23-11-12-24(13-15-25(21(27)28)17-19-7-3-1-4-8-19)14-16-26(22(29)30)18-20-9-5-2-6-10-20/h1-10H,11-18,23H2,(H,27,28)(H,29,30). The van der Waals surface area contributed by atoms with Crippen molar-refractivity contribution in [3.8, 4) is 0 Å². The summed E-state index contributed by atoms with van der Waals surface area (Å²) in [6.45, 7) is 3.19. The summed E-state index contributed by atoms with van der Waals surface area (Å²) >= 11 is 0. The van der Waals surface area contributed by atoms with Crippen LogP contribution in [0.5, 0.6) is 0 Å². The van der Waals surface area contributed by atoms with Crippen molar-refractivity contribution in [2.45, 2.75) is 13.1 Å². The molecule has 2 amide bonds. The first-order valence-corrected chi connectivity index (χ1v) is 9.95. The zero-order chi connectivity index (χ0) is 21.8. The van der Waals surface area contributed by atoms with Gasteiger partial charge in [0.25, 0.3) is 0 Å². The molecule has 0 aliphatic heterocycles. The summed E-state index contributed by atoms with van der Waals surface area (Å²) in [5, 5.41) is 19.1. The smallest absolute Gasteiger partial charge is 0.407 e. The van der Waals surface area contributed by atoms with Gasteiger partial charge in [-0.25, -0.2) is 9.59 Å². The van der Waals surface area contributed by atoms with Gasteiger partial charge in [-0.1, -0.05) is 60.7 Å². The van der Waals surface area contributed by atoms with E-state index < -0.39 is 12.2 Å². The van der Waals surface area contributed by atoms with Gasteiger partial charge in [0.15, 0.2) is 0 Å². The second-order valence-corrected chi connectivity index (χ2v) is 7.01. The van der Waals surface area contributed by atoms with E-state index in [1.54, 1.807) is 0 Å². The monoisotopic (exact) mass is 414 g/mol. The molecule has 30 heavy (non-hydrogen) atoms. The van der Waals surface area contributed by atoms with Crippen LogP contribution in [0.3, 0.4) is 0 Å². The molecule has 0 atom stereocenters. The lowest BCUT2D eigenvalue weighted by molar-refractivity contribution is 0.123. The third-order valence-corrected chi connectivity index (χ3v) is 4.79. The van der Waals surface area contributed by atoms with E-state index >= 15 is 0 Å². The largest absolute Gasteiger partial charge is 0.465 e. The highest BCUT2D eigenvalue weighted by atomic mass is 16.4. The van der Waals surface area contributed by atoms with Crippen LogP contribution in [0, 0.1) is 0 Å². The first kappa shape index (κ1) is 23.2. The van der Waals surface area contributed by atoms with Crippen LogP contribution in [0.15, 0.2) is 60.7 Å². The van der Waals surface area contributed by atoms with Crippen LogP contribution in [-0.2, 0) is 13.1 Å². The van der Waals surface area contributed by atoms with Gasteiger partial charge < -0.3 is 25.7 Å². The maximum Gasteiger partial charge on any atom is 0.407 e. The summed E-state index contributed by atoms with van der Waals surface area (Å²) in [5.41, 5.74) is 7.55. The van der Waals surface area contributed by atoms with Crippen molar-refractivity contribution in [2.75, 3.05) is 39.3 Å². The van der Waals surface area contributed by atoms with Crippen molar-refractivity contribution in [3.05, 3.63) is 71.8 Å². The third-order valence-electron chi connectivity index (χ3n) is 4.79. The van der Waals surface area contributed by atoms with Crippen LogP contribution in [0.4, 0.5) is 9.59 Å². The second kappa shape index (κ2) is 12.5. The van der Waals surface area contributed by atoms with E-state index in [2.05, 4.69) is 0 Å². The topological polar surface area (TPSA) is 110 Å². The lowest BCUT2D eigenvalue weighted by Crippen LogP contribution is -2.43. The molecule has 0 aromatic heterocycles. The molecule has 0 saturated carbocycles. The minimum Gasteiger partial charge on any atom is -0.465 e. The Balaban J connectivity index is 1.91. The van der Waals surface area contributed by atoms with Crippen LogP contribution in [0.1, 0.15) is 11.1 Å². The number of carbonyl (C=O) groups is 2. The highest BCUT2D eigenvalue weighted by Crippen LogP contribution is 2.07. The molecule has 0 heterocycles. The molecule has 8 nitrogen and oxygen atoms in total. The predicted octanol–water partition coefficient (Wildman–Crippen LogP) is 2.61. The Bertz CT molecular complexity index is 710. The summed E-state index contributed by atoms with van der Waals surface area (Å²) in [5.74, 6) is 0. The fourth-order valence-electron chi connectivity index (χ4n) is 3.13. The molecule has 0 saturated heterocycles. The number of nitrogens with two attached hydrogens (primary N) is 1. The first-order chi connectivity index (χ1) is 14.5. The van der Waals surface area contributed by atoms with Crippen molar-refractivity contribution in [2.24, 2.45) is 5.73 Å². The van der Waals surface area contributed by atoms with Gasteiger partial charge in [0.1, 0.15) is 0 Å². The molecule has 8 heteroatoms. The number of benzene rings is 2. The van der Waals surface area contributed by atoms with Crippen LogP contribution in [-0.4, -0.2) is 76.4 Å². The average Bonchev–Trinajstić information content (AvgIpc) is 2.74. The fraction of sp³-hybridized carbons (Fsp3) is 0.364. The molecule has 0 aliphatic rings. The summed E-state index contributed by atoms with van der Waals surface area (Å²) in [4.78, 5) is 28.0. The van der Waals surface area contributed by atoms with Crippen molar-refractivity contribution in [1.29, 1.82) is 0 Å². The molecule has 2 aromatic rings. The van der Waals surface area contributed by atoms with Gasteiger partial charge in [-0.15, -0.1) is 0 Å². The second-order valence-electron chi connectivity index (χ2n) is 7.01. The zero-order valence-electron chi connectivity index (χ0n) is 17.1. The van der Waals surface area contributed by atoms with E-state index in [0.717, 1.165) is 11.1 Å². The van der Waals surface area contributed by atoms with E-state index in [1.807, 2.05) is 65.6 Å². The number of hydrogen-bond acceptors (Lipinski definition) is 4. The Morgan fingerprint density at radius 1 is 0.667 bits per heavy atom. The van der Waals surface area contributed by atoms with Crippen LogP contribution in [0.25, 0.3) is 0 Å². The van der Waals surface area contributed by atoms with Crippen LogP contribution in [0.2, 0.25) is 0 Å². The number of hydrogen-bond donors (Lipinski definition) is 3. The lowest BCUT2D eigenvalue weighted by atomic mass is 10.2. The van der Waals surface area contributed by atoms with Crippen molar-refractivity contribution in [1.82, 2.24) is 14.7 Å². The Kier molecular flexibility index (Phi) is 9.63. The molecule has 2 rings (SSSR count). The molecular formula is C22H30N4O4. The van der Waals surface area contributed by atoms with Gasteiger partial charge in [0.2, 0.25) is 0 Å². The number of carboxylic acid groups (broad SMARTS) is 2. The maximum atomic E-state index is 11.6. The molecule has 162 valence electrons. The fourth-order valence-corrected chi connectivity index (χ4v) is 3.13. The summed E-state index contributed by atoms with van der Waals surface area (Å²) < 4.78 is 0. The zero-order valence-corrected chi connectivity index (χ0v) is 17.1. The van der Waals surface area contributed by atoms with Gasteiger partial charge in [-0.05, 0) is 11.1 Å². The normalized spacial score (nSPS) is 10.7. The van der Waals surface area contributed by atoms with Crippen molar-refractivity contribution >= 4 is 12.2 Å².